The lowest BCUT2D eigenvalue weighted by Crippen LogP contribution is -2.38. The molecule has 0 spiro atoms. The number of hydrogen-bond donors (Lipinski definition) is 2. The Bertz CT molecular complexity index is 829. The van der Waals surface area contributed by atoms with E-state index in [1.807, 2.05) is 0 Å². The van der Waals surface area contributed by atoms with Crippen LogP contribution in [-0.2, 0) is 22.7 Å². The Morgan fingerprint density at radius 2 is 2.13 bits per heavy atom. The number of aliphatic hydroxyl groups is 1. The summed E-state index contributed by atoms with van der Waals surface area (Å²) in [6.45, 7) is 1.45. The molecule has 1 aliphatic rings. The van der Waals surface area contributed by atoms with Gasteiger partial charge in [-0.3, -0.25) is 0 Å². The van der Waals surface area contributed by atoms with Gasteiger partial charge in [-0.05, 0) is 24.6 Å². The van der Waals surface area contributed by atoms with Crippen LogP contribution in [0.5, 0.6) is 11.5 Å². The van der Waals surface area contributed by atoms with E-state index in [1.54, 1.807) is 25.2 Å². The monoisotopic (exact) mass is 339 g/mol. The van der Waals surface area contributed by atoms with Gasteiger partial charge in [0.1, 0.15) is 5.60 Å². The van der Waals surface area contributed by atoms with Crippen molar-refractivity contribution in [2.75, 3.05) is 13.3 Å². The van der Waals surface area contributed by atoms with Crippen LogP contribution in [0.3, 0.4) is 0 Å². The summed E-state index contributed by atoms with van der Waals surface area (Å²) in [4.78, 5) is 3.80. The standard InChI is InChI=1S/C14H17N3O5S/c1-14(18,10-3-4-11-12(5-10)22-9-21-11)7-16-23(19,20)13-6-17(2)8-15-13/h3-6,8,16,18H,7,9H2,1-2H3/t14-/m1/s1. The first-order chi connectivity index (χ1) is 10.8. The molecule has 0 unspecified atom stereocenters. The van der Waals surface area contributed by atoms with Gasteiger partial charge in [-0.2, -0.15) is 0 Å². The Labute approximate surface area is 133 Å². The van der Waals surface area contributed by atoms with E-state index in [0.29, 0.717) is 17.1 Å². The topological polar surface area (TPSA) is 103 Å². The number of fused-ring (bicyclic) bond motifs is 1. The average Bonchev–Trinajstić information content (AvgIpc) is 3.13. The average molecular weight is 339 g/mol. The van der Waals surface area contributed by atoms with Gasteiger partial charge in [0, 0.05) is 19.8 Å². The molecule has 0 aliphatic carbocycles. The molecule has 1 aromatic carbocycles. The van der Waals surface area contributed by atoms with Crippen LogP contribution in [0, 0.1) is 0 Å². The highest BCUT2D eigenvalue weighted by Crippen LogP contribution is 2.35. The molecule has 0 amide bonds. The summed E-state index contributed by atoms with van der Waals surface area (Å²) in [5.74, 6) is 1.12. The van der Waals surface area contributed by atoms with Crippen molar-refractivity contribution in [1.29, 1.82) is 0 Å². The lowest BCUT2D eigenvalue weighted by atomic mass is 9.96. The van der Waals surface area contributed by atoms with E-state index in [-0.39, 0.29) is 18.4 Å². The molecule has 0 fully saturated rings. The van der Waals surface area contributed by atoms with Gasteiger partial charge in [-0.25, -0.2) is 18.1 Å². The molecule has 0 saturated carbocycles. The molecule has 3 rings (SSSR count). The van der Waals surface area contributed by atoms with Gasteiger partial charge in [-0.1, -0.05) is 6.07 Å². The van der Waals surface area contributed by atoms with Crippen LogP contribution >= 0.6 is 0 Å². The van der Waals surface area contributed by atoms with Crippen molar-refractivity contribution in [2.24, 2.45) is 7.05 Å². The normalized spacial score (nSPS) is 16.3. The minimum atomic E-state index is -3.79. The molecule has 2 N–H and O–H groups in total. The lowest BCUT2D eigenvalue weighted by molar-refractivity contribution is 0.0625. The van der Waals surface area contributed by atoms with E-state index in [9.17, 15) is 13.5 Å². The zero-order chi connectivity index (χ0) is 16.7. The summed E-state index contributed by atoms with van der Waals surface area (Å²) in [5, 5.41) is 10.5. The second-order valence-corrected chi connectivity index (χ2v) is 7.26. The molecule has 0 bridgehead atoms. The van der Waals surface area contributed by atoms with Gasteiger partial charge in [0.15, 0.2) is 16.5 Å². The number of hydrogen-bond acceptors (Lipinski definition) is 6. The Morgan fingerprint density at radius 3 is 2.83 bits per heavy atom. The SMILES string of the molecule is Cn1cnc(S(=O)(=O)NC[C@@](C)(O)c2ccc3c(c2)OCO3)c1. The van der Waals surface area contributed by atoms with Crippen molar-refractivity contribution in [2.45, 2.75) is 17.6 Å². The van der Waals surface area contributed by atoms with E-state index in [0.717, 1.165) is 0 Å². The Kier molecular flexibility index (Phi) is 3.78. The van der Waals surface area contributed by atoms with Crippen molar-refractivity contribution < 1.29 is 23.0 Å². The zero-order valence-electron chi connectivity index (χ0n) is 12.7. The highest BCUT2D eigenvalue weighted by atomic mass is 32.2. The largest absolute Gasteiger partial charge is 0.454 e. The van der Waals surface area contributed by atoms with E-state index in [4.69, 9.17) is 9.47 Å². The highest BCUT2D eigenvalue weighted by molar-refractivity contribution is 7.89. The van der Waals surface area contributed by atoms with E-state index < -0.39 is 15.6 Å². The fourth-order valence-electron chi connectivity index (χ4n) is 2.17. The first-order valence-electron chi connectivity index (χ1n) is 6.88. The van der Waals surface area contributed by atoms with Crippen LogP contribution in [-0.4, -0.2) is 36.4 Å². The Hall–Kier alpha value is -2.10. The van der Waals surface area contributed by atoms with Gasteiger partial charge < -0.3 is 19.1 Å². The summed E-state index contributed by atoms with van der Waals surface area (Å²) < 4.78 is 38.7. The Balaban J connectivity index is 1.76. The number of aromatic nitrogens is 2. The van der Waals surface area contributed by atoms with Crippen molar-refractivity contribution in [3.05, 3.63) is 36.3 Å². The summed E-state index contributed by atoms with van der Waals surface area (Å²) in [5.41, 5.74) is -0.895. The number of aryl methyl sites for hydroxylation is 1. The third-order valence-corrected chi connectivity index (χ3v) is 4.84. The molecule has 2 aromatic rings. The van der Waals surface area contributed by atoms with E-state index >= 15 is 0 Å². The molecule has 8 nitrogen and oxygen atoms in total. The number of nitrogens with zero attached hydrogens (tertiary/aromatic N) is 2. The molecule has 0 radical (unpaired) electrons. The first kappa shape index (κ1) is 15.8. The van der Waals surface area contributed by atoms with Crippen molar-refractivity contribution in [1.82, 2.24) is 14.3 Å². The lowest BCUT2D eigenvalue weighted by Gasteiger charge is -2.24. The van der Waals surface area contributed by atoms with E-state index in [2.05, 4.69) is 9.71 Å². The van der Waals surface area contributed by atoms with Crippen molar-refractivity contribution in [3.63, 3.8) is 0 Å². The first-order valence-corrected chi connectivity index (χ1v) is 8.36. The quantitative estimate of drug-likeness (QED) is 0.814. The smallest absolute Gasteiger partial charge is 0.259 e. The second-order valence-electron chi connectivity index (χ2n) is 5.54. The van der Waals surface area contributed by atoms with Crippen LogP contribution in [0.4, 0.5) is 0 Å². The van der Waals surface area contributed by atoms with Crippen molar-refractivity contribution in [3.8, 4) is 11.5 Å². The van der Waals surface area contributed by atoms with Gasteiger partial charge in [0.25, 0.3) is 10.0 Å². The summed E-state index contributed by atoms with van der Waals surface area (Å²) >= 11 is 0. The minimum absolute atomic E-state index is 0.0958. The fraction of sp³-hybridized carbons (Fsp3) is 0.357. The number of sulfonamides is 1. The molecule has 124 valence electrons. The molecule has 0 saturated heterocycles. The number of imidazole rings is 1. The summed E-state index contributed by atoms with van der Waals surface area (Å²) in [6, 6.07) is 4.99. The van der Waals surface area contributed by atoms with Gasteiger partial charge >= 0.3 is 0 Å². The maximum atomic E-state index is 12.2. The number of ether oxygens (including phenoxy) is 2. The third kappa shape index (κ3) is 3.16. The predicted octanol–water partition coefficient (Wildman–Crippen LogP) is 0.335. The van der Waals surface area contributed by atoms with Gasteiger partial charge in [0.2, 0.25) is 6.79 Å². The molecule has 1 aromatic heterocycles. The molecule has 2 heterocycles. The molecule has 1 aliphatic heterocycles. The van der Waals surface area contributed by atoms with Gasteiger partial charge in [-0.15, -0.1) is 0 Å². The maximum Gasteiger partial charge on any atom is 0.259 e. The predicted molar refractivity (Wildman–Crippen MR) is 80.5 cm³/mol. The fourth-order valence-corrected chi connectivity index (χ4v) is 3.28. The van der Waals surface area contributed by atoms with Crippen LogP contribution in [0.1, 0.15) is 12.5 Å². The molecule has 9 heteroatoms. The Morgan fingerprint density at radius 1 is 1.39 bits per heavy atom. The highest BCUT2D eigenvalue weighted by Gasteiger charge is 2.29. The molecule has 23 heavy (non-hydrogen) atoms. The van der Waals surface area contributed by atoms with Crippen molar-refractivity contribution >= 4 is 10.0 Å². The number of nitrogens with one attached hydrogen (secondary N) is 1. The van der Waals surface area contributed by atoms with E-state index in [1.165, 1.54) is 24.0 Å². The van der Waals surface area contributed by atoms with Crippen LogP contribution < -0.4 is 14.2 Å². The van der Waals surface area contributed by atoms with Crippen LogP contribution in [0.25, 0.3) is 0 Å². The number of benzene rings is 1. The van der Waals surface area contributed by atoms with Gasteiger partial charge in [0.05, 0.1) is 6.33 Å². The molecular weight excluding hydrogens is 322 g/mol. The zero-order valence-corrected chi connectivity index (χ0v) is 13.5. The number of rotatable bonds is 5. The minimum Gasteiger partial charge on any atom is -0.454 e. The third-order valence-electron chi connectivity index (χ3n) is 3.56. The molecule has 1 atom stereocenters. The maximum absolute atomic E-state index is 12.2. The molecular formula is C14H17N3O5S. The summed E-state index contributed by atoms with van der Waals surface area (Å²) in [7, 11) is -2.11. The summed E-state index contributed by atoms with van der Waals surface area (Å²) in [6.07, 6.45) is 2.78. The van der Waals surface area contributed by atoms with Crippen LogP contribution in [0.15, 0.2) is 35.7 Å². The van der Waals surface area contributed by atoms with Crippen LogP contribution in [0.2, 0.25) is 0 Å². The second kappa shape index (κ2) is 5.52.